The van der Waals surface area contributed by atoms with Gasteiger partial charge in [0.05, 0.1) is 0 Å². The van der Waals surface area contributed by atoms with Gasteiger partial charge in [0.2, 0.25) is 0 Å². The first-order chi connectivity index (χ1) is 18.8. The van der Waals surface area contributed by atoms with Crippen LogP contribution in [0.15, 0.2) is 60.7 Å². The van der Waals surface area contributed by atoms with Gasteiger partial charge in [0, 0.05) is 0 Å². The summed E-state index contributed by atoms with van der Waals surface area (Å²) in [7, 11) is -0.121. The zero-order chi connectivity index (χ0) is 26.0. The second-order valence-corrected chi connectivity index (χ2v) is 18.3. The smallest absolute Gasteiger partial charge is 0.358 e. The monoisotopic (exact) mass is 634 g/mol. The van der Waals surface area contributed by atoms with Crippen molar-refractivity contribution in [3.63, 3.8) is 0 Å². The third-order valence-corrected chi connectivity index (χ3v) is 17.3. The van der Waals surface area contributed by atoms with Gasteiger partial charge in [0.1, 0.15) is 0 Å². The SMILES string of the molecule is C1CCCC1.C[C@@H](C1CCCC1P(c1ccccc1)c1ccccc1)P(C1CCCCC1)C1CCCCC1.[CH3-].[CH3-].[Fe+2]. The van der Waals surface area contributed by atoms with Gasteiger partial charge in [-0.15, -0.1) is 0 Å². The van der Waals surface area contributed by atoms with Crippen molar-refractivity contribution in [1.82, 2.24) is 0 Å². The van der Waals surface area contributed by atoms with E-state index < -0.39 is 0 Å². The van der Waals surface area contributed by atoms with Gasteiger partial charge in [-0.1, -0.05) is 153 Å². The number of rotatable bonds is 7. The van der Waals surface area contributed by atoms with E-state index in [-0.39, 0.29) is 47.8 Å². The fraction of sp³-hybridized carbons (Fsp3) is 0.632. The molecule has 4 aliphatic rings. The number of hydrogen-bond donors (Lipinski definition) is 0. The van der Waals surface area contributed by atoms with E-state index in [0.717, 1.165) is 28.6 Å². The average Bonchev–Trinajstić information content (AvgIpc) is 3.72. The van der Waals surface area contributed by atoms with Gasteiger partial charge in [-0.2, -0.15) is 0 Å². The maximum Gasteiger partial charge on any atom is 2.00 e. The Morgan fingerprint density at radius 1 is 0.512 bits per heavy atom. The van der Waals surface area contributed by atoms with Crippen molar-refractivity contribution in [2.24, 2.45) is 5.92 Å². The van der Waals surface area contributed by atoms with Crippen LogP contribution in [0.2, 0.25) is 0 Å². The molecular weight excluding hydrogens is 574 g/mol. The predicted octanol–water partition coefficient (Wildman–Crippen LogP) is 11.7. The van der Waals surface area contributed by atoms with Crippen molar-refractivity contribution in [2.45, 2.75) is 145 Å². The fourth-order valence-electron chi connectivity index (χ4n) is 8.39. The van der Waals surface area contributed by atoms with E-state index >= 15 is 0 Å². The Kier molecular flexibility index (Phi) is 18.0. The molecule has 0 nitrogen and oxygen atoms in total. The summed E-state index contributed by atoms with van der Waals surface area (Å²) >= 11 is 0. The second-order valence-electron chi connectivity index (χ2n) is 12.7. The standard InChI is InChI=1S/C31H44P2.C5H10.2CH3.Fe/c1-25(32(26-15-6-2-7-16-26)27-17-8-3-9-18-27)30-23-14-24-31(30)33(28-19-10-4-11-20-28)29-21-12-5-13-22-29;1-2-4-5-3-1;;;/h4-5,10-13,19-22,25-27,30-31H,2-3,6-9,14-18,23-24H2,1H3;1-5H2;2*1H3;/q;;2*-1;+2/t25-,30?,31?;;;;/m0..../s1. The van der Waals surface area contributed by atoms with Crippen LogP contribution < -0.4 is 10.6 Å². The van der Waals surface area contributed by atoms with Crippen LogP contribution >= 0.6 is 15.8 Å². The molecule has 2 unspecified atom stereocenters. The Morgan fingerprint density at radius 2 is 0.902 bits per heavy atom. The van der Waals surface area contributed by atoms with Crippen LogP contribution in [0.5, 0.6) is 0 Å². The summed E-state index contributed by atoms with van der Waals surface area (Å²) in [6, 6.07) is 23.2. The van der Waals surface area contributed by atoms with E-state index in [1.54, 1.807) is 36.3 Å². The van der Waals surface area contributed by atoms with Crippen molar-refractivity contribution in [3.8, 4) is 0 Å². The van der Waals surface area contributed by atoms with Crippen LogP contribution in [-0.4, -0.2) is 22.6 Å². The number of hydrogen-bond acceptors (Lipinski definition) is 0. The van der Waals surface area contributed by atoms with E-state index in [0.29, 0.717) is 0 Å². The van der Waals surface area contributed by atoms with Crippen molar-refractivity contribution < 1.29 is 17.1 Å². The van der Waals surface area contributed by atoms with Crippen LogP contribution in [0.3, 0.4) is 0 Å². The molecule has 0 amide bonds. The molecule has 3 heteroatoms. The van der Waals surface area contributed by atoms with E-state index in [9.17, 15) is 0 Å². The third-order valence-electron chi connectivity index (χ3n) is 10.3. The largest absolute Gasteiger partial charge is 2.00 e. The summed E-state index contributed by atoms with van der Waals surface area (Å²) in [6.45, 7) is 2.75. The van der Waals surface area contributed by atoms with E-state index in [4.69, 9.17) is 0 Å². The second kappa shape index (κ2) is 20.0. The first kappa shape index (κ1) is 37.0. The minimum Gasteiger partial charge on any atom is -0.358 e. The minimum absolute atomic E-state index is 0. The van der Waals surface area contributed by atoms with Crippen LogP contribution in [0, 0.1) is 20.8 Å². The first-order valence-corrected chi connectivity index (χ1v) is 19.5. The molecular formula is C38H60FeP2. The zero-order valence-electron chi connectivity index (χ0n) is 26.6. The van der Waals surface area contributed by atoms with Gasteiger partial charge in [-0.05, 0) is 85.6 Å². The zero-order valence-corrected chi connectivity index (χ0v) is 29.5. The Bertz CT molecular complexity index is 837. The molecule has 0 aliphatic heterocycles. The van der Waals surface area contributed by atoms with E-state index in [1.165, 1.54) is 89.9 Å². The quantitative estimate of drug-likeness (QED) is 0.162. The van der Waals surface area contributed by atoms with Crippen molar-refractivity contribution in [1.29, 1.82) is 0 Å². The maximum atomic E-state index is 2.75. The summed E-state index contributed by atoms with van der Waals surface area (Å²) in [5, 5.41) is 3.23. The predicted molar refractivity (Wildman–Crippen MR) is 186 cm³/mol. The van der Waals surface area contributed by atoms with Crippen molar-refractivity contribution in [3.05, 3.63) is 75.5 Å². The summed E-state index contributed by atoms with van der Waals surface area (Å²) in [5.41, 5.74) is 3.98. The van der Waals surface area contributed by atoms with Crippen LogP contribution in [0.25, 0.3) is 0 Å². The molecule has 2 aromatic rings. The van der Waals surface area contributed by atoms with Crippen LogP contribution in [0.4, 0.5) is 0 Å². The Labute approximate surface area is 269 Å². The number of benzene rings is 2. The van der Waals surface area contributed by atoms with Gasteiger partial charge in [0.15, 0.2) is 0 Å². The molecule has 0 aromatic heterocycles. The normalized spacial score (nSPS) is 24.0. The molecule has 0 bridgehead atoms. The topological polar surface area (TPSA) is 0 Å². The Hall–Kier alpha value is -0.181. The molecule has 4 aliphatic carbocycles. The van der Waals surface area contributed by atoms with E-state index in [2.05, 4.69) is 67.6 Å². The molecule has 2 aromatic carbocycles. The molecule has 4 fully saturated rings. The van der Waals surface area contributed by atoms with Crippen molar-refractivity contribution in [2.75, 3.05) is 0 Å². The molecule has 41 heavy (non-hydrogen) atoms. The van der Waals surface area contributed by atoms with Gasteiger partial charge < -0.3 is 14.9 Å². The molecule has 0 spiro atoms. The van der Waals surface area contributed by atoms with Gasteiger partial charge in [0.25, 0.3) is 0 Å². The van der Waals surface area contributed by atoms with Gasteiger partial charge in [-0.3, -0.25) is 0 Å². The molecule has 0 radical (unpaired) electrons. The van der Waals surface area contributed by atoms with Crippen LogP contribution in [-0.2, 0) is 17.1 Å². The molecule has 3 atom stereocenters. The summed E-state index contributed by atoms with van der Waals surface area (Å²) in [5.74, 6) is 0.937. The fourth-order valence-corrected chi connectivity index (χ4v) is 16.5. The summed E-state index contributed by atoms with van der Waals surface area (Å²) in [6.07, 6.45) is 27.1. The molecule has 4 saturated carbocycles. The third kappa shape index (κ3) is 10.2. The van der Waals surface area contributed by atoms with E-state index in [1.807, 2.05) is 0 Å². The van der Waals surface area contributed by atoms with Gasteiger partial charge in [-0.25, -0.2) is 0 Å². The Balaban J connectivity index is 0.000000667. The maximum absolute atomic E-state index is 2.75. The average molecular weight is 635 g/mol. The first-order valence-electron chi connectivity index (χ1n) is 16.5. The summed E-state index contributed by atoms with van der Waals surface area (Å²) in [4.78, 5) is 0. The molecule has 0 N–H and O–H groups in total. The molecule has 0 saturated heterocycles. The Morgan fingerprint density at radius 3 is 1.32 bits per heavy atom. The van der Waals surface area contributed by atoms with Gasteiger partial charge >= 0.3 is 17.1 Å². The summed E-state index contributed by atoms with van der Waals surface area (Å²) < 4.78 is 0. The molecule has 6 rings (SSSR count). The van der Waals surface area contributed by atoms with Crippen molar-refractivity contribution >= 4 is 26.5 Å². The van der Waals surface area contributed by atoms with Crippen LogP contribution in [0.1, 0.15) is 122 Å². The minimum atomic E-state index is -0.273. The molecule has 230 valence electrons. The molecule has 0 heterocycles.